The quantitative estimate of drug-likeness (QED) is 0.281. The summed E-state index contributed by atoms with van der Waals surface area (Å²) in [6.07, 6.45) is 20.8. The average Bonchev–Trinajstić information content (AvgIpc) is 3.73. The summed E-state index contributed by atoms with van der Waals surface area (Å²) in [6.45, 7) is 29.5. The molecule has 8 rings (SSSR count). The van der Waals surface area contributed by atoms with Crippen LogP contribution in [0, 0.1) is 38.9 Å². The Morgan fingerprint density at radius 1 is 0.778 bits per heavy atom. The van der Waals surface area contributed by atoms with Crippen molar-refractivity contribution in [1.29, 1.82) is 0 Å². The molecule has 0 aliphatic heterocycles. The van der Waals surface area contributed by atoms with Gasteiger partial charge >= 0.3 is 321 Å². The van der Waals surface area contributed by atoms with Crippen molar-refractivity contribution in [2.24, 2.45) is 38.9 Å². The van der Waals surface area contributed by atoms with Gasteiger partial charge < -0.3 is 0 Å². The molecule has 0 radical (unpaired) electrons. The predicted octanol–water partition coefficient (Wildman–Crippen LogP) is 14.7. The third-order valence-electron chi connectivity index (χ3n) is 19.3. The Morgan fingerprint density at radius 3 is 2.06 bits per heavy atom. The number of rotatable bonds is 5. The van der Waals surface area contributed by atoms with Crippen LogP contribution in [0.25, 0.3) is 5.57 Å². The van der Waals surface area contributed by atoms with Gasteiger partial charge in [0.2, 0.25) is 0 Å². The summed E-state index contributed by atoms with van der Waals surface area (Å²) >= 11 is -4.84. The molecule has 3 heteroatoms. The first kappa shape index (κ1) is 42.1. The molecule has 0 amide bonds. The van der Waals surface area contributed by atoms with Crippen LogP contribution in [0.5, 0.6) is 0 Å². The summed E-state index contributed by atoms with van der Waals surface area (Å²) in [7, 11) is 0. The van der Waals surface area contributed by atoms with E-state index in [9.17, 15) is 0 Å². The average molecular weight is 845 g/mol. The summed E-state index contributed by atoms with van der Waals surface area (Å²) in [4.78, 5) is 0. The SMILES string of the molecule is Cl.Cl.[CH2]=[Zr]([CH2]C)([C]1=CC(C2(C)CCCCC2)=CC1C)([c]1ccccc1)[C]1(C)C2=C3Cc4ccccc4C3=C3C=CCCC3C2(C)C(C)(C)C(C)(C)C1(C)C. The minimum absolute atomic E-state index is 0. The van der Waals surface area contributed by atoms with E-state index in [0.717, 1.165) is 10.5 Å². The van der Waals surface area contributed by atoms with Crippen LogP contribution in [0.1, 0.15) is 132 Å². The van der Waals surface area contributed by atoms with Crippen LogP contribution in [0.15, 0.2) is 104 Å². The van der Waals surface area contributed by atoms with Crippen LogP contribution >= 0.6 is 24.8 Å². The van der Waals surface area contributed by atoms with E-state index in [4.69, 9.17) is 4.21 Å². The Balaban J connectivity index is 0.00000249. The van der Waals surface area contributed by atoms with Gasteiger partial charge in [-0.3, -0.25) is 0 Å². The molecule has 2 aromatic carbocycles. The fraction of sp³-hybridized carbons (Fsp3) is 0.549. The summed E-state index contributed by atoms with van der Waals surface area (Å²) in [5.41, 5.74) is 11.6. The standard InChI is InChI=1S/C29H37.C13H19.C6H5.C2H5.CH2.2ClH.Zr/c1-18-25-22-17-19-13-9-10-14-20(19)24(22)21-15-11-12-16-23(21)29(25,8)28(6,7)27(4,5)26(18,2)3;1-11-6-7-12(10-11)13(2)8-4-3-5-9-13;1-2-4-6-5-3-1;1-2;;;;/h9-11,13-15,23H,12,16-17H2,1-8H3;7,10-11H,3-5,8-9H2,1-2H3;1-5H;1H2,2H3;1H2;2*1H;. The Kier molecular flexibility index (Phi) is 10.3. The maximum absolute atomic E-state index is 6.16. The van der Waals surface area contributed by atoms with Gasteiger partial charge in [0.25, 0.3) is 0 Å². The zero-order chi connectivity index (χ0) is 37.4. The van der Waals surface area contributed by atoms with Crippen LogP contribution < -0.4 is 3.27 Å². The Labute approximate surface area is 343 Å². The molecule has 0 spiro atoms. The number of fused-ring (bicyclic) bond motifs is 6. The number of hydrogen-bond donors (Lipinski definition) is 0. The molecule has 0 N–H and O–H groups in total. The molecule has 4 atom stereocenters. The van der Waals surface area contributed by atoms with Gasteiger partial charge in [-0.25, -0.2) is 0 Å². The first-order valence-corrected chi connectivity index (χ1v) is 28.3. The molecule has 0 aromatic heterocycles. The number of halogens is 2. The number of hydrogen-bond acceptors (Lipinski definition) is 0. The molecule has 2 aromatic rings. The van der Waals surface area contributed by atoms with Crippen LogP contribution in [0.3, 0.4) is 0 Å². The molecule has 0 heterocycles. The van der Waals surface area contributed by atoms with Gasteiger partial charge in [0.15, 0.2) is 0 Å². The summed E-state index contributed by atoms with van der Waals surface area (Å²) in [5, 5.41) is 0. The second-order valence-corrected chi connectivity index (χ2v) is 36.1. The van der Waals surface area contributed by atoms with E-state index in [2.05, 4.69) is 155 Å². The summed E-state index contributed by atoms with van der Waals surface area (Å²) in [6, 6.07) is 21.5. The zero-order valence-corrected chi connectivity index (χ0v) is 39.6. The molecule has 292 valence electrons. The molecule has 4 unspecified atom stereocenters. The van der Waals surface area contributed by atoms with Crippen LogP contribution in [0.2, 0.25) is 7.25 Å². The summed E-state index contributed by atoms with van der Waals surface area (Å²) in [5.74, 6) is 0.874. The number of allylic oxidation sites excluding steroid dienone is 10. The van der Waals surface area contributed by atoms with E-state index in [1.165, 1.54) is 56.1 Å². The number of benzene rings is 2. The monoisotopic (exact) mass is 842 g/mol. The van der Waals surface area contributed by atoms with Crippen LogP contribution in [-0.4, -0.2) is 4.21 Å². The molecule has 6 aliphatic carbocycles. The zero-order valence-electron chi connectivity index (χ0n) is 35.5. The van der Waals surface area contributed by atoms with Crippen molar-refractivity contribution in [3.8, 4) is 0 Å². The fourth-order valence-electron chi connectivity index (χ4n) is 14.8. The van der Waals surface area contributed by atoms with Gasteiger partial charge in [0.1, 0.15) is 0 Å². The van der Waals surface area contributed by atoms with Crippen LogP contribution in [0.4, 0.5) is 0 Å². The van der Waals surface area contributed by atoms with Gasteiger partial charge in [-0.2, -0.15) is 0 Å². The molecule has 0 saturated heterocycles. The van der Waals surface area contributed by atoms with Crippen molar-refractivity contribution in [2.45, 2.75) is 135 Å². The van der Waals surface area contributed by atoms with E-state index < -0.39 is 18.3 Å². The van der Waals surface area contributed by atoms with Crippen molar-refractivity contribution >= 4 is 37.9 Å². The molecule has 0 nitrogen and oxygen atoms in total. The van der Waals surface area contributed by atoms with Gasteiger partial charge in [-0.15, -0.1) is 24.8 Å². The van der Waals surface area contributed by atoms with E-state index in [0.29, 0.717) is 11.8 Å². The molecule has 2 fully saturated rings. The van der Waals surface area contributed by atoms with Crippen molar-refractivity contribution in [2.75, 3.05) is 0 Å². The Bertz CT molecular complexity index is 2070. The Hall–Kier alpha value is -1.53. The predicted molar refractivity (Wildman–Crippen MR) is 238 cm³/mol. The van der Waals surface area contributed by atoms with Crippen molar-refractivity contribution in [3.63, 3.8) is 0 Å². The molecular weight excluding hydrogens is 775 g/mol. The van der Waals surface area contributed by atoms with Gasteiger partial charge in [0, 0.05) is 0 Å². The first-order chi connectivity index (χ1) is 24.4. The summed E-state index contributed by atoms with van der Waals surface area (Å²) < 4.78 is 10.5. The first-order valence-electron chi connectivity index (χ1n) is 21.1. The van der Waals surface area contributed by atoms with E-state index in [-0.39, 0.29) is 55.0 Å². The molecule has 6 aliphatic rings. The van der Waals surface area contributed by atoms with Gasteiger partial charge in [-0.05, 0) is 0 Å². The van der Waals surface area contributed by atoms with Gasteiger partial charge in [0.05, 0.1) is 0 Å². The van der Waals surface area contributed by atoms with Crippen molar-refractivity contribution in [1.82, 2.24) is 0 Å². The third-order valence-corrected chi connectivity index (χ3v) is 40.3. The second kappa shape index (κ2) is 13.3. The maximum atomic E-state index is 6.16. The van der Waals surface area contributed by atoms with Crippen molar-refractivity contribution < 1.29 is 18.3 Å². The van der Waals surface area contributed by atoms with E-state index >= 15 is 0 Å². The second-order valence-electron chi connectivity index (χ2n) is 20.8. The minimum atomic E-state index is -4.84. The Morgan fingerprint density at radius 2 is 1.41 bits per heavy atom. The van der Waals surface area contributed by atoms with Crippen LogP contribution in [-0.2, 0) is 24.7 Å². The molecule has 0 bridgehead atoms. The fourth-order valence-corrected chi connectivity index (χ4v) is 35.7. The third kappa shape index (κ3) is 4.68. The topological polar surface area (TPSA) is 0 Å². The molecule has 2 saturated carbocycles. The molecule has 54 heavy (non-hydrogen) atoms. The van der Waals surface area contributed by atoms with E-state index in [1.807, 2.05) is 5.57 Å². The normalized spacial score (nSPS) is 31.6. The van der Waals surface area contributed by atoms with E-state index in [1.54, 1.807) is 28.8 Å². The van der Waals surface area contributed by atoms with Crippen molar-refractivity contribution in [3.05, 3.63) is 116 Å². The molecular formula is C51H70Cl2Zr. The van der Waals surface area contributed by atoms with Gasteiger partial charge in [-0.1, -0.05) is 0 Å².